The molecule has 16 heavy (non-hydrogen) atoms. The third kappa shape index (κ3) is 7.17. The van der Waals surface area contributed by atoms with Crippen molar-refractivity contribution in [1.82, 2.24) is 5.32 Å². The van der Waals surface area contributed by atoms with Crippen LogP contribution in [-0.2, 0) is 9.47 Å². The number of methoxy groups -OCH3 is 1. The summed E-state index contributed by atoms with van der Waals surface area (Å²) in [6.45, 7) is 4.52. The third-order valence-electron chi connectivity index (χ3n) is 2.78. The Morgan fingerprint density at radius 2 is 2.12 bits per heavy atom. The highest BCUT2D eigenvalue weighted by Crippen LogP contribution is 2.31. The van der Waals surface area contributed by atoms with Crippen molar-refractivity contribution < 1.29 is 14.6 Å². The van der Waals surface area contributed by atoms with E-state index >= 15 is 0 Å². The van der Waals surface area contributed by atoms with Crippen molar-refractivity contribution in [2.45, 2.75) is 38.4 Å². The summed E-state index contributed by atoms with van der Waals surface area (Å²) in [6, 6.07) is 0. The monoisotopic (exact) mass is 231 g/mol. The molecule has 0 aromatic heterocycles. The molecule has 0 aliphatic heterocycles. The van der Waals surface area contributed by atoms with Crippen molar-refractivity contribution in [2.75, 3.05) is 33.4 Å². The van der Waals surface area contributed by atoms with E-state index in [1.165, 1.54) is 19.3 Å². The standard InChI is InChI=1S/C12H25NO3/c1-10(8-15-2)16-9-12(14)7-13-6-5-11-3-4-11/h10-14H,3-9H2,1-2H3. The van der Waals surface area contributed by atoms with Crippen molar-refractivity contribution in [3.05, 3.63) is 0 Å². The van der Waals surface area contributed by atoms with E-state index in [4.69, 9.17) is 9.47 Å². The van der Waals surface area contributed by atoms with Crippen LogP contribution in [0.25, 0.3) is 0 Å². The Morgan fingerprint density at radius 1 is 1.38 bits per heavy atom. The topological polar surface area (TPSA) is 50.7 Å². The van der Waals surface area contributed by atoms with Crippen molar-refractivity contribution in [3.8, 4) is 0 Å². The largest absolute Gasteiger partial charge is 0.389 e. The highest BCUT2D eigenvalue weighted by molar-refractivity contribution is 4.74. The predicted octanol–water partition coefficient (Wildman–Crippen LogP) is 0.788. The molecule has 1 aliphatic carbocycles. The minimum absolute atomic E-state index is 0.0473. The fraction of sp³-hybridized carbons (Fsp3) is 1.00. The fourth-order valence-electron chi connectivity index (χ4n) is 1.60. The summed E-state index contributed by atoms with van der Waals surface area (Å²) in [7, 11) is 1.65. The normalized spacial score (nSPS) is 19.7. The van der Waals surface area contributed by atoms with Crippen molar-refractivity contribution in [1.29, 1.82) is 0 Å². The van der Waals surface area contributed by atoms with Gasteiger partial charge in [-0.25, -0.2) is 0 Å². The average molecular weight is 231 g/mol. The SMILES string of the molecule is COCC(C)OCC(O)CNCCC1CC1. The smallest absolute Gasteiger partial charge is 0.0897 e. The molecule has 96 valence electrons. The highest BCUT2D eigenvalue weighted by Gasteiger charge is 2.20. The van der Waals surface area contributed by atoms with Crippen LogP contribution >= 0.6 is 0 Å². The molecular weight excluding hydrogens is 206 g/mol. The second-order valence-corrected chi connectivity index (χ2v) is 4.69. The molecule has 1 rings (SSSR count). The van der Waals surface area contributed by atoms with Gasteiger partial charge >= 0.3 is 0 Å². The van der Waals surface area contributed by atoms with Crippen LogP contribution in [0.1, 0.15) is 26.2 Å². The zero-order valence-electron chi connectivity index (χ0n) is 10.4. The first-order chi connectivity index (χ1) is 7.72. The molecule has 0 radical (unpaired) electrons. The zero-order valence-corrected chi connectivity index (χ0v) is 10.4. The van der Waals surface area contributed by atoms with Crippen LogP contribution in [0.4, 0.5) is 0 Å². The van der Waals surface area contributed by atoms with Crippen LogP contribution in [0.3, 0.4) is 0 Å². The van der Waals surface area contributed by atoms with Crippen molar-refractivity contribution >= 4 is 0 Å². The van der Waals surface area contributed by atoms with Gasteiger partial charge in [0.1, 0.15) is 0 Å². The molecule has 0 spiro atoms. The summed E-state index contributed by atoms with van der Waals surface area (Å²) in [4.78, 5) is 0. The number of ether oxygens (including phenoxy) is 2. The summed E-state index contributed by atoms with van der Waals surface area (Å²) in [5.74, 6) is 0.947. The second kappa shape index (κ2) is 8.01. The number of aliphatic hydroxyl groups excluding tert-OH is 1. The van der Waals surface area contributed by atoms with Gasteiger partial charge in [-0.05, 0) is 25.8 Å². The van der Waals surface area contributed by atoms with E-state index in [-0.39, 0.29) is 6.10 Å². The lowest BCUT2D eigenvalue weighted by Crippen LogP contribution is -2.32. The number of aliphatic hydroxyl groups is 1. The lowest BCUT2D eigenvalue weighted by atomic mass is 10.3. The molecule has 0 aromatic carbocycles. The molecular formula is C12H25NO3. The van der Waals surface area contributed by atoms with Crippen molar-refractivity contribution in [3.63, 3.8) is 0 Å². The molecule has 0 aromatic rings. The molecule has 4 nitrogen and oxygen atoms in total. The third-order valence-corrected chi connectivity index (χ3v) is 2.78. The van der Waals surface area contributed by atoms with Crippen LogP contribution in [0, 0.1) is 5.92 Å². The Labute approximate surface area is 98.3 Å². The molecule has 0 heterocycles. The lowest BCUT2D eigenvalue weighted by molar-refractivity contribution is -0.0310. The summed E-state index contributed by atoms with van der Waals surface area (Å²) in [5.41, 5.74) is 0. The quantitative estimate of drug-likeness (QED) is 0.546. The lowest BCUT2D eigenvalue weighted by Gasteiger charge is -2.16. The summed E-state index contributed by atoms with van der Waals surface area (Å²) in [6.07, 6.45) is 3.65. The maximum absolute atomic E-state index is 9.62. The first-order valence-electron chi connectivity index (χ1n) is 6.21. The van der Waals surface area contributed by atoms with E-state index in [1.807, 2.05) is 6.92 Å². The van der Waals surface area contributed by atoms with Crippen LogP contribution in [0.5, 0.6) is 0 Å². The summed E-state index contributed by atoms with van der Waals surface area (Å²) >= 11 is 0. The molecule has 4 heteroatoms. The minimum atomic E-state index is -0.418. The van der Waals surface area contributed by atoms with E-state index in [9.17, 15) is 5.11 Å². The number of nitrogens with one attached hydrogen (secondary N) is 1. The first kappa shape index (κ1) is 13.9. The van der Waals surface area contributed by atoms with Gasteiger partial charge in [0.05, 0.1) is 25.4 Å². The Balaban J connectivity index is 1.86. The Hall–Kier alpha value is -0.160. The highest BCUT2D eigenvalue weighted by atomic mass is 16.5. The van der Waals surface area contributed by atoms with Crippen LogP contribution < -0.4 is 5.32 Å². The van der Waals surface area contributed by atoms with Gasteiger partial charge in [-0.2, -0.15) is 0 Å². The van der Waals surface area contributed by atoms with Gasteiger partial charge in [0.25, 0.3) is 0 Å². The summed E-state index contributed by atoms with van der Waals surface area (Å²) < 4.78 is 10.4. The average Bonchev–Trinajstić information content (AvgIpc) is 3.06. The minimum Gasteiger partial charge on any atom is -0.389 e. The maximum atomic E-state index is 9.62. The van der Waals surface area contributed by atoms with Crippen LogP contribution in [0.15, 0.2) is 0 Å². The fourth-order valence-corrected chi connectivity index (χ4v) is 1.60. The van der Waals surface area contributed by atoms with E-state index < -0.39 is 6.10 Å². The maximum Gasteiger partial charge on any atom is 0.0897 e. The molecule has 1 aliphatic rings. The Kier molecular flexibility index (Phi) is 6.96. The molecule has 2 atom stereocenters. The van der Waals surface area contributed by atoms with Gasteiger partial charge in [0.2, 0.25) is 0 Å². The Morgan fingerprint density at radius 3 is 2.75 bits per heavy atom. The molecule has 2 unspecified atom stereocenters. The molecule has 1 fully saturated rings. The zero-order chi connectivity index (χ0) is 11.8. The Bertz CT molecular complexity index is 174. The van der Waals surface area contributed by atoms with Crippen LogP contribution in [0.2, 0.25) is 0 Å². The second-order valence-electron chi connectivity index (χ2n) is 4.69. The molecule has 0 amide bonds. The predicted molar refractivity (Wildman–Crippen MR) is 63.5 cm³/mol. The number of hydrogen-bond donors (Lipinski definition) is 2. The van der Waals surface area contributed by atoms with Gasteiger partial charge in [-0.15, -0.1) is 0 Å². The van der Waals surface area contributed by atoms with Gasteiger partial charge in [-0.3, -0.25) is 0 Å². The molecule has 0 saturated heterocycles. The van der Waals surface area contributed by atoms with E-state index in [1.54, 1.807) is 7.11 Å². The van der Waals surface area contributed by atoms with Crippen molar-refractivity contribution in [2.24, 2.45) is 5.92 Å². The number of hydrogen-bond acceptors (Lipinski definition) is 4. The van der Waals surface area contributed by atoms with E-state index in [0.29, 0.717) is 19.8 Å². The van der Waals surface area contributed by atoms with E-state index in [0.717, 1.165) is 12.5 Å². The molecule has 1 saturated carbocycles. The molecule has 2 N–H and O–H groups in total. The van der Waals surface area contributed by atoms with Gasteiger partial charge in [-0.1, -0.05) is 12.8 Å². The van der Waals surface area contributed by atoms with Gasteiger partial charge in [0, 0.05) is 13.7 Å². The first-order valence-corrected chi connectivity index (χ1v) is 6.21. The van der Waals surface area contributed by atoms with Crippen LogP contribution in [-0.4, -0.2) is 50.7 Å². The number of rotatable bonds is 10. The van der Waals surface area contributed by atoms with E-state index in [2.05, 4.69) is 5.32 Å². The van der Waals surface area contributed by atoms with Gasteiger partial charge < -0.3 is 19.9 Å². The van der Waals surface area contributed by atoms with Gasteiger partial charge in [0.15, 0.2) is 0 Å². The molecule has 0 bridgehead atoms. The summed E-state index contributed by atoms with van der Waals surface area (Å²) in [5, 5.41) is 12.9.